The van der Waals surface area contributed by atoms with E-state index in [2.05, 4.69) is 5.32 Å². The lowest BCUT2D eigenvalue weighted by Gasteiger charge is -2.14. The lowest BCUT2D eigenvalue weighted by atomic mass is 10.2. The van der Waals surface area contributed by atoms with E-state index in [0.717, 1.165) is 6.42 Å². The molecule has 1 rings (SSSR count). The lowest BCUT2D eigenvalue weighted by Crippen LogP contribution is -2.39. The summed E-state index contributed by atoms with van der Waals surface area (Å²) in [5, 5.41) is 2.78. The zero-order chi connectivity index (χ0) is 9.84. The highest BCUT2D eigenvalue weighted by atomic mass is 16.6. The van der Waals surface area contributed by atoms with Gasteiger partial charge >= 0.3 is 5.97 Å². The van der Waals surface area contributed by atoms with E-state index in [1.165, 1.54) is 0 Å². The van der Waals surface area contributed by atoms with Gasteiger partial charge in [0.2, 0.25) is 0 Å². The van der Waals surface area contributed by atoms with Crippen molar-refractivity contribution >= 4 is 11.9 Å². The number of hydrogen-bond donors (Lipinski definition) is 1. The van der Waals surface area contributed by atoms with Gasteiger partial charge in [0, 0.05) is 18.9 Å². The van der Waals surface area contributed by atoms with Gasteiger partial charge in [0.25, 0.3) is 5.91 Å². The van der Waals surface area contributed by atoms with Crippen LogP contribution in [0.25, 0.3) is 0 Å². The largest absolute Gasteiger partial charge is 0.452 e. The second kappa shape index (κ2) is 4.25. The Kier molecular flexibility index (Phi) is 3.28. The molecule has 1 saturated heterocycles. The van der Waals surface area contributed by atoms with E-state index in [1.54, 1.807) is 0 Å². The van der Waals surface area contributed by atoms with Gasteiger partial charge in [-0.15, -0.1) is 0 Å². The van der Waals surface area contributed by atoms with Gasteiger partial charge in [-0.2, -0.15) is 0 Å². The molecule has 4 nitrogen and oxygen atoms in total. The highest BCUT2D eigenvalue weighted by Gasteiger charge is 2.29. The maximum Gasteiger partial charge on any atom is 0.306 e. The van der Waals surface area contributed by atoms with E-state index in [1.807, 2.05) is 13.8 Å². The Labute approximate surface area is 77.6 Å². The number of carbonyl (C=O) groups excluding carboxylic acids is 2. The molecular formula is C9H15NO3. The van der Waals surface area contributed by atoms with Crippen LogP contribution in [-0.2, 0) is 14.3 Å². The van der Waals surface area contributed by atoms with Gasteiger partial charge in [-0.3, -0.25) is 9.59 Å². The van der Waals surface area contributed by atoms with Crippen LogP contribution in [0.1, 0.15) is 33.1 Å². The molecule has 74 valence electrons. The number of amides is 1. The molecule has 1 aliphatic rings. The van der Waals surface area contributed by atoms with Crippen LogP contribution in [0.15, 0.2) is 0 Å². The Balaban J connectivity index is 2.35. The molecule has 0 aliphatic carbocycles. The smallest absolute Gasteiger partial charge is 0.306 e. The van der Waals surface area contributed by atoms with Crippen molar-refractivity contribution in [2.75, 3.05) is 0 Å². The monoisotopic (exact) mass is 185 g/mol. The molecule has 1 N–H and O–H groups in total. The topological polar surface area (TPSA) is 55.4 Å². The van der Waals surface area contributed by atoms with Crippen molar-refractivity contribution in [3.8, 4) is 0 Å². The molecule has 1 amide bonds. The number of ether oxygens (including phenoxy) is 1. The van der Waals surface area contributed by atoms with Gasteiger partial charge in [-0.05, 0) is 13.3 Å². The molecule has 1 heterocycles. The molecule has 0 aromatic carbocycles. The molecule has 0 bridgehead atoms. The second-order valence-corrected chi connectivity index (χ2v) is 3.34. The summed E-state index contributed by atoms with van der Waals surface area (Å²) in [6, 6.07) is 0.145. The highest BCUT2D eigenvalue weighted by Crippen LogP contribution is 2.13. The normalized spacial score (nSPS) is 23.8. The summed E-state index contributed by atoms with van der Waals surface area (Å²) in [5.41, 5.74) is 0. The van der Waals surface area contributed by atoms with Crippen LogP contribution in [0, 0.1) is 0 Å². The lowest BCUT2D eigenvalue weighted by molar-refractivity contribution is -0.148. The van der Waals surface area contributed by atoms with Crippen molar-refractivity contribution in [3.05, 3.63) is 0 Å². The van der Waals surface area contributed by atoms with Crippen LogP contribution in [-0.4, -0.2) is 24.0 Å². The first-order valence-corrected chi connectivity index (χ1v) is 4.63. The summed E-state index contributed by atoms with van der Waals surface area (Å²) in [7, 11) is 0. The second-order valence-electron chi connectivity index (χ2n) is 3.34. The maximum absolute atomic E-state index is 11.4. The van der Waals surface area contributed by atoms with Gasteiger partial charge < -0.3 is 10.1 Å². The number of esters is 1. The first-order valence-electron chi connectivity index (χ1n) is 4.63. The van der Waals surface area contributed by atoms with E-state index in [4.69, 9.17) is 4.74 Å². The van der Waals surface area contributed by atoms with Crippen LogP contribution in [0.2, 0.25) is 0 Å². The van der Waals surface area contributed by atoms with Crippen molar-refractivity contribution in [2.45, 2.75) is 45.3 Å². The van der Waals surface area contributed by atoms with Crippen LogP contribution in [0.5, 0.6) is 0 Å². The van der Waals surface area contributed by atoms with Crippen molar-refractivity contribution in [3.63, 3.8) is 0 Å². The predicted octanol–water partition coefficient (Wildman–Crippen LogP) is 0.607. The van der Waals surface area contributed by atoms with E-state index in [-0.39, 0.29) is 17.9 Å². The molecule has 1 fully saturated rings. The molecule has 2 unspecified atom stereocenters. The zero-order valence-corrected chi connectivity index (χ0v) is 8.00. The van der Waals surface area contributed by atoms with E-state index < -0.39 is 6.10 Å². The van der Waals surface area contributed by atoms with Gasteiger partial charge in [0.05, 0.1) is 0 Å². The molecule has 13 heavy (non-hydrogen) atoms. The predicted molar refractivity (Wildman–Crippen MR) is 47.0 cm³/mol. The molecule has 0 saturated carbocycles. The van der Waals surface area contributed by atoms with Gasteiger partial charge in [0.1, 0.15) is 0 Å². The third-order valence-electron chi connectivity index (χ3n) is 2.18. The summed E-state index contributed by atoms with van der Waals surface area (Å²) >= 11 is 0. The minimum atomic E-state index is -0.554. The molecule has 2 atom stereocenters. The number of hydrogen-bond acceptors (Lipinski definition) is 3. The molecule has 0 spiro atoms. The fourth-order valence-corrected chi connectivity index (χ4v) is 1.15. The Morgan fingerprint density at radius 2 is 2.46 bits per heavy atom. The minimum absolute atomic E-state index is 0.145. The van der Waals surface area contributed by atoms with Gasteiger partial charge in [0.15, 0.2) is 6.10 Å². The molecule has 0 aromatic rings. The number of carbonyl (C=O) groups is 2. The SMILES string of the molecule is CCC(C)NC(=O)C1CCC(=O)O1. The van der Waals surface area contributed by atoms with Crippen molar-refractivity contribution in [1.29, 1.82) is 0 Å². The summed E-state index contributed by atoms with van der Waals surface area (Å²) in [6.07, 6.45) is 1.20. The highest BCUT2D eigenvalue weighted by molar-refractivity contribution is 5.86. The van der Waals surface area contributed by atoms with Crippen molar-refractivity contribution < 1.29 is 14.3 Å². The third-order valence-corrected chi connectivity index (χ3v) is 2.18. The number of nitrogens with one attached hydrogen (secondary N) is 1. The zero-order valence-electron chi connectivity index (χ0n) is 8.00. The molecule has 1 aliphatic heterocycles. The molecule has 4 heteroatoms. The molecular weight excluding hydrogens is 170 g/mol. The number of cyclic esters (lactones) is 1. The van der Waals surface area contributed by atoms with Crippen LogP contribution in [0.4, 0.5) is 0 Å². The fraction of sp³-hybridized carbons (Fsp3) is 0.778. The van der Waals surface area contributed by atoms with Gasteiger partial charge in [-0.1, -0.05) is 6.92 Å². The first kappa shape index (κ1) is 10.0. The molecule has 0 radical (unpaired) electrons. The number of rotatable bonds is 3. The quantitative estimate of drug-likeness (QED) is 0.655. The van der Waals surface area contributed by atoms with E-state index in [0.29, 0.717) is 12.8 Å². The Morgan fingerprint density at radius 1 is 1.77 bits per heavy atom. The Morgan fingerprint density at radius 3 is 2.92 bits per heavy atom. The summed E-state index contributed by atoms with van der Waals surface area (Å²) in [6.45, 7) is 3.92. The summed E-state index contributed by atoms with van der Waals surface area (Å²) < 4.78 is 4.82. The standard InChI is InChI=1S/C9H15NO3/c1-3-6(2)10-9(12)7-4-5-8(11)13-7/h6-7H,3-5H2,1-2H3,(H,10,12). The summed E-state index contributed by atoms with van der Waals surface area (Å²) in [4.78, 5) is 22.1. The van der Waals surface area contributed by atoms with Crippen LogP contribution in [0.3, 0.4) is 0 Å². The van der Waals surface area contributed by atoms with Crippen molar-refractivity contribution in [1.82, 2.24) is 5.32 Å². The Hall–Kier alpha value is -1.06. The average Bonchev–Trinajstić information content (AvgIpc) is 2.51. The Bertz CT molecular complexity index is 215. The van der Waals surface area contributed by atoms with E-state index in [9.17, 15) is 9.59 Å². The van der Waals surface area contributed by atoms with Gasteiger partial charge in [-0.25, -0.2) is 0 Å². The fourth-order valence-electron chi connectivity index (χ4n) is 1.15. The van der Waals surface area contributed by atoms with E-state index >= 15 is 0 Å². The molecule has 0 aromatic heterocycles. The minimum Gasteiger partial charge on any atom is -0.452 e. The van der Waals surface area contributed by atoms with Crippen LogP contribution >= 0.6 is 0 Å². The van der Waals surface area contributed by atoms with Crippen LogP contribution < -0.4 is 5.32 Å². The summed E-state index contributed by atoms with van der Waals surface area (Å²) in [5.74, 6) is -0.440. The maximum atomic E-state index is 11.4. The first-order chi connectivity index (χ1) is 6.13. The average molecular weight is 185 g/mol. The van der Waals surface area contributed by atoms with Crippen molar-refractivity contribution in [2.24, 2.45) is 0 Å². The third kappa shape index (κ3) is 2.72.